The number of allylic oxidation sites excluding steroid dienone is 2. The molecule has 0 aliphatic carbocycles. The third-order valence-corrected chi connectivity index (χ3v) is 5.38. The molecule has 0 bridgehead atoms. The monoisotopic (exact) mass is 438 g/mol. The molecule has 3 aromatic rings. The molecule has 3 rings (SSSR count). The average Bonchev–Trinajstić information content (AvgIpc) is 2.78. The maximum Gasteiger partial charge on any atom is 0.396 e. The minimum Gasteiger partial charge on any atom is -0.207 e. The second kappa shape index (κ2) is 10.9. The van der Waals surface area contributed by atoms with Crippen LogP contribution in [0.5, 0.6) is 0 Å². The number of aryl methyl sites for hydroxylation is 1. The molecule has 0 unspecified atom stereocenters. The second-order valence-electron chi connectivity index (χ2n) is 7.74. The van der Waals surface area contributed by atoms with Crippen LogP contribution >= 0.6 is 0 Å². The highest BCUT2D eigenvalue weighted by atomic mass is 19.4. The molecule has 0 saturated heterocycles. The first kappa shape index (κ1) is 23.5. The van der Waals surface area contributed by atoms with Crippen molar-refractivity contribution in [3.05, 3.63) is 119 Å². The number of rotatable bonds is 8. The summed E-state index contributed by atoms with van der Waals surface area (Å²) in [5.74, 6) is -1.77. The zero-order chi connectivity index (χ0) is 23.0. The summed E-state index contributed by atoms with van der Waals surface area (Å²) >= 11 is 0. The van der Waals surface area contributed by atoms with E-state index in [0.717, 1.165) is 17.5 Å². The normalized spacial score (nSPS) is 13.2. The van der Waals surface area contributed by atoms with E-state index in [4.69, 9.17) is 0 Å². The number of hydrogen-bond donors (Lipinski definition) is 0. The highest BCUT2D eigenvalue weighted by molar-refractivity contribution is 5.69. The lowest BCUT2D eigenvalue weighted by molar-refractivity contribution is -0.150. The number of benzene rings is 3. The first-order valence-electron chi connectivity index (χ1n) is 10.6. The van der Waals surface area contributed by atoms with Gasteiger partial charge in [0.25, 0.3) is 0 Å². The van der Waals surface area contributed by atoms with Crippen molar-refractivity contribution >= 4 is 12.2 Å². The van der Waals surface area contributed by atoms with Gasteiger partial charge in [0.15, 0.2) is 0 Å². The summed E-state index contributed by atoms with van der Waals surface area (Å²) in [5, 5.41) is 0. The van der Waals surface area contributed by atoms with Gasteiger partial charge in [-0.15, -0.1) is 0 Å². The van der Waals surface area contributed by atoms with Crippen molar-refractivity contribution in [2.45, 2.75) is 38.3 Å². The van der Waals surface area contributed by atoms with E-state index in [1.54, 1.807) is 54.6 Å². The van der Waals surface area contributed by atoms with Crippen LogP contribution in [0.4, 0.5) is 17.6 Å². The Balaban J connectivity index is 1.68. The molecule has 0 spiro atoms. The van der Waals surface area contributed by atoms with Crippen molar-refractivity contribution in [1.29, 1.82) is 0 Å². The maximum absolute atomic E-state index is 14.3. The lowest BCUT2D eigenvalue weighted by atomic mass is 9.91. The van der Waals surface area contributed by atoms with Crippen molar-refractivity contribution in [3.63, 3.8) is 0 Å². The fraction of sp³-hybridized carbons (Fsp3) is 0.214. The van der Waals surface area contributed by atoms with Gasteiger partial charge in [-0.1, -0.05) is 91.0 Å². The fourth-order valence-corrected chi connectivity index (χ4v) is 3.58. The minimum absolute atomic E-state index is 0.114. The van der Waals surface area contributed by atoms with Gasteiger partial charge >= 0.3 is 6.18 Å². The van der Waals surface area contributed by atoms with Crippen LogP contribution in [0.1, 0.15) is 47.1 Å². The lowest BCUT2D eigenvalue weighted by Crippen LogP contribution is -2.22. The van der Waals surface area contributed by atoms with Crippen molar-refractivity contribution in [2.24, 2.45) is 0 Å². The van der Waals surface area contributed by atoms with Crippen molar-refractivity contribution in [2.75, 3.05) is 0 Å². The van der Waals surface area contributed by atoms with E-state index in [2.05, 4.69) is 0 Å². The quantitative estimate of drug-likeness (QED) is 0.188. The molecule has 0 aromatic heterocycles. The molecule has 166 valence electrons. The molecule has 0 aliphatic rings. The lowest BCUT2D eigenvalue weighted by Gasteiger charge is -2.21. The summed E-state index contributed by atoms with van der Waals surface area (Å²) in [7, 11) is 0. The molecule has 0 aliphatic heterocycles. The summed E-state index contributed by atoms with van der Waals surface area (Å²) in [5.41, 5.74) is 3.14. The second-order valence-corrected chi connectivity index (χ2v) is 7.74. The van der Waals surface area contributed by atoms with Gasteiger partial charge in [0.1, 0.15) is 5.82 Å². The Morgan fingerprint density at radius 1 is 0.844 bits per heavy atom. The van der Waals surface area contributed by atoms with Gasteiger partial charge in [0.05, 0.1) is 5.92 Å². The largest absolute Gasteiger partial charge is 0.396 e. The number of halogens is 4. The van der Waals surface area contributed by atoms with Crippen LogP contribution in [-0.4, -0.2) is 6.18 Å². The molecule has 0 N–H and O–H groups in total. The van der Waals surface area contributed by atoms with Crippen molar-refractivity contribution < 1.29 is 17.6 Å². The fourth-order valence-electron chi connectivity index (χ4n) is 3.58. The van der Waals surface area contributed by atoms with Crippen LogP contribution in [0.2, 0.25) is 0 Å². The highest BCUT2D eigenvalue weighted by Crippen LogP contribution is 2.37. The smallest absolute Gasteiger partial charge is 0.207 e. The van der Waals surface area contributed by atoms with E-state index in [1.165, 1.54) is 18.2 Å². The Morgan fingerprint density at radius 3 is 2.12 bits per heavy atom. The van der Waals surface area contributed by atoms with Gasteiger partial charge in [-0.3, -0.25) is 0 Å². The molecule has 32 heavy (non-hydrogen) atoms. The van der Waals surface area contributed by atoms with Crippen LogP contribution < -0.4 is 0 Å². The maximum atomic E-state index is 14.3. The summed E-state index contributed by atoms with van der Waals surface area (Å²) in [6.45, 7) is 1.94. The van der Waals surface area contributed by atoms with Crippen LogP contribution in [0.15, 0.2) is 84.9 Å². The van der Waals surface area contributed by atoms with Crippen molar-refractivity contribution in [3.8, 4) is 0 Å². The molecule has 0 amide bonds. The molecule has 0 radical (unpaired) electrons. The Hall–Kier alpha value is -3.14. The molecule has 0 heterocycles. The van der Waals surface area contributed by atoms with E-state index in [1.807, 2.05) is 31.2 Å². The Kier molecular flexibility index (Phi) is 8.04. The number of hydrogen-bond acceptors (Lipinski definition) is 0. The third kappa shape index (κ3) is 6.68. The summed E-state index contributed by atoms with van der Waals surface area (Å²) in [6.07, 6.45) is 4.62. The number of alkyl halides is 3. The molecular formula is C28H26F4. The first-order chi connectivity index (χ1) is 15.4. The van der Waals surface area contributed by atoms with Crippen LogP contribution in [0.25, 0.3) is 12.2 Å². The molecule has 1 atom stereocenters. The van der Waals surface area contributed by atoms with Gasteiger partial charge in [-0.05, 0) is 60.1 Å². The van der Waals surface area contributed by atoms with E-state index in [0.29, 0.717) is 17.5 Å². The van der Waals surface area contributed by atoms with E-state index >= 15 is 0 Å². The predicted octanol–water partition coefficient (Wildman–Crippen LogP) is 8.39. The van der Waals surface area contributed by atoms with Crippen LogP contribution in [0, 0.1) is 5.82 Å². The van der Waals surface area contributed by atoms with Crippen LogP contribution in [0.3, 0.4) is 0 Å². The van der Waals surface area contributed by atoms with Gasteiger partial charge in [-0.25, -0.2) is 4.39 Å². The molecular weight excluding hydrogens is 412 g/mol. The van der Waals surface area contributed by atoms with Crippen molar-refractivity contribution in [1.82, 2.24) is 0 Å². The molecule has 3 aromatic carbocycles. The summed E-state index contributed by atoms with van der Waals surface area (Å²) in [4.78, 5) is 0. The topological polar surface area (TPSA) is 0 Å². The van der Waals surface area contributed by atoms with Gasteiger partial charge in [0, 0.05) is 0 Å². The van der Waals surface area contributed by atoms with E-state index in [-0.39, 0.29) is 17.8 Å². The summed E-state index contributed by atoms with van der Waals surface area (Å²) < 4.78 is 55.0. The predicted molar refractivity (Wildman–Crippen MR) is 124 cm³/mol. The Labute approximate surface area is 186 Å². The minimum atomic E-state index is -4.32. The van der Waals surface area contributed by atoms with Gasteiger partial charge in [0.2, 0.25) is 0 Å². The van der Waals surface area contributed by atoms with E-state index in [9.17, 15) is 17.6 Å². The van der Waals surface area contributed by atoms with E-state index < -0.39 is 12.1 Å². The third-order valence-electron chi connectivity index (χ3n) is 5.38. The Morgan fingerprint density at radius 2 is 1.50 bits per heavy atom. The molecule has 0 saturated carbocycles. The van der Waals surface area contributed by atoms with Crippen LogP contribution in [-0.2, 0) is 12.8 Å². The highest BCUT2D eigenvalue weighted by Gasteiger charge is 2.40. The Bertz CT molecular complexity index is 1050. The molecule has 4 heteroatoms. The standard InChI is InChI=1S/C28H26F4/c1-2-3-5-10-25-18-17-23(20-27(25)29)16-13-21-11-14-22(15-12-21)19-26(28(30,31)32)24-8-6-4-7-9-24/h2-4,6-9,11-18,20,26H,5,10,19H2,1H3/b3-2+,16-13?/t26-/m0/s1. The molecule has 0 nitrogen and oxygen atoms in total. The summed E-state index contributed by atoms with van der Waals surface area (Å²) in [6, 6.07) is 20.1. The molecule has 0 fully saturated rings. The SMILES string of the molecule is C/C=C/CCc1ccc(C=Cc2ccc(C[C@@H](c3ccccc3)C(F)(F)F)cc2)cc1F. The zero-order valence-corrected chi connectivity index (χ0v) is 17.9. The zero-order valence-electron chi connectivity index (χ0n) is 17.9. The first-order valence-corrected chi connectivity index (χ1v) is 10.6. The van der Waals surface area contributed by atoms with Gasteiger partial charge < -0.3 is 0 Å². The van der Waals surface area contributed by atoms with Gasteiger partial charge in [-0.2, -0.15) is 13.2 Å². The average molecular weight is 439 g/mol.